The van der Waals surface area contributed by atoms with Gasteiger partial charge in [-0.3, -0.25) is 4.79 Å². The van der Waals surface area contributed by atoms with E-state index in [0.717, 1.165) is 15.7 Å². The van der Waals surface area contributed by atoms with Crippen molar-refractivity contribution in [1.82, 2.24) is 4.98 Å². The van der Waals surface area contributed by atoms with Crippen molar-refractivity contribution in [2.45, 2.75) is 20.3 Å². The Morgan fingerprint density at radius 2 is 2.38 bits per heavy atom. The van der Waals surface area contributed by atoms with Gasteiger partial charge < -0.3 is 5.32 Å². The number of aryl methyl sites for hydroxylation is 2. The van der Waals surface area contributed by atoms with Crippen LogP contribution in [-0.4, -0.2) is 10.9 Å². The zero-order valence-corrected chi connectivity index (χ0v) is 8.23. The van der Waals surface area contributed by atoms with Crippen LogP contribution < -0.4 is 5.32 Å². The lowest BCUT2D eigenvalue weighted by molar-refractivity contribution is -0.115. The second-order valence-corrected chi connectivity index (χ2v) is 3.73. The summed E-state index contributed by atoms with van der Waals surface area (Å²) in [5, 5.41) is 12.5. The average Bonchev–Trinajstić information content (AvgIpc) is 2.30. The number of amides is 1. The fourth-order valence-corrected chi connectivity index (χ4v) is 1.73. The van der Waals surface area contributed by atoms with Gasteiger partial charge in [0.05, 0.1) is 16.8 Å². The van der Waals surface area contributed by atoms with Crippen molar-refractivity contribution in [1.29, 1.82) is 5.26 Å². The van der Waals surface area contributed by atoms with E-state index in [9.17, 15) is 4.79 Å². The Morgan fingerprint density at radius 3 is 2.85 bits per heavy atom. The van der Waals surface area contributed by atoms with Gasteiger partial charge in [-0.05, 0) is 13.8 Å². The highest BCUT2D eigenvalue weighted by molar-refractivity contribution is 7.16. The summed E-state index contributed by atoms with van der Waals surface area (Å²) in [6.45, 7) is 3.70. The Bertz CT molecular complexity index is 364. The number of anilines is 1. The smallest absolute Gasteiger partial charge is 0.239 e. The molecule has 4 nitrogen and oxygen atoms in total. The molecule has 13 heavy (non-hydrogen) atoms. The van der Waals surface area contributed by atoms with Gasteiger partial charge in [-0.2, -0.15) is 5.26 Å². The molecule has 0 unspecified atom stereocenters. The molecule has 5 heteroatoms. The summed E-state index contributed by atoms with van der Waals surface area (Å²) < 4.78 is 0. The van der Waals surface area contributed by atoms with Gasteiger partial charge in [0.1, 0.15) is 11.4 Å². The number of carbonyl (C=O) groups excluding carboxylic acids is 1. The van der Waals surface area contributed by atoms with Crippen molar-refractivity contribution in [3.63, 3.8) is 0 Å². The third-order valence-electron chi connectivity index (χ3n) is 1.40. The summed E-state index contributed by atoms with van der Waals surface area (Å²) in [6, 6.07) is 1.79. The molecule has 68 valence electrons. The number of aromatic nitrogens is 1. The molecule has 0 fully saturated rings. The minimum atomic E-state index is -0.283. The first-order valence-electron chi connectivity index (χ1n) is 3.74. The van der Waals surface area contributed by atoms with Crippen LogP contribution in [-0.2, 0) is 4.79 Å². The van der Waals surface area contributed by atoms with Crippen LogP contribution in [0, 0.1) is 25.2 Å². The average molecular weight is 195 g/mol. The number of hydrogen-bond donors (Lipinski definition) is 1. The van der Waals surface area contributed by atoms with Crippen molar-refractivity contribution in [3.05, 3.63) is 10.7 Å². The normalized spacial score (nSPS) is 9.31. The van der Waals surface area contributed by atoms with E-state index < -0.39 is 0 Å². The fourth-order valence-electron chi connectivity index (χ4n) is 0.890. The third-order valence-corrected chi connectivity index (χ3v) is 2.38. The zero-order chi connectivity index (χ0) is 9.84. The van der Waals surface area contributed by atoms with Crippen LogP contribution >= 0.6 is 11.3 Å². The molecule has 1 heterocycles. The Morgan fingerprint density at radius 1 is 1.69 bits per heavy atom. The van der Waals surface area contributed by atoms with Crippen molar-refractivity contribution in [2.75, 3.05) is 5.32 Å². The van der Waals surface area contributed by atoms with Crippen molar-refractivity contribution in [3.8, 4) is 6.07 Å². The van der Waals surface area contributed by atoms with Crippen molar-refractivity contribution < 1.29 is 4.79 Å². The van der Waals surface area contributed by atoms with Crippen molar-refractivity contribution >= 4 is 22.2 Å². The van der Waals surface area contributed by atoms with Crippen molar-refractivity contribution in [2.24, 2.45) is 0 Å². The van der Waals surface area contributed by atoms with Crippen LogP contribution in [0.1, 0.15) is 17.1 Å². The minimum absolute atomic E-state index is 0.115. The molecule has 1 rings (SSSR count). The third kappa shape index (κ3) is 2.53. The van der Waals surface area contributed by atoms with Crippen LogP contribution in [0.15, 0.2) is 0 Å². The maximum absolute atomic E-state index is 11.0. The summed E-state index contributed by atoms with van der Waals surface area (Å²) in [5.74, 6) is -0.283. The van der Waals surface area contributed by atoms with Crippen LogP contribution in [0.3, 0.4) is 0 Å². The predicted molar refractivity (Wildman–Crippen MR) is 50.4 cm³/mol. The van der Waals surface area contributed by atoms with Gasteiger partial charge in [0.15, 0.2) is 0 Å². The molecule has 0 radical (unpaired) electrons. The Balaban J connectivity index is 2.70. The zero-order valence-electron chi connectivity index (χ0n) is 7.42. The Labute approximate surface area is 80.2 Å². The summed E-state index contributed by atoms with van der Waals surface area (Å²) in [7, 11) is 0. The fraction of sp³-hybridized carbons (Fsp3) is 0.375. The summed E-state index contributed by atoms with van der Waals surface area (Å²) >= 11 is 1.42. The Kier molecular flexibility index (Phi) is 2.98. The SMILES string of the molecule is Cc1nc(C)c(NC(=O)CC#N)s1. The number of hydrogen-bond acceptors (Lipinski definition) is 4. The molecule has 0 aromatic carbocycles. The Hall–Kier alpha value is -1.41. The topological polar surface area (TPSA) is 65.8 Å². The molecule has 1 aromatic rings. The van der Waals surface area contributed by atoms with Gasteiger partial charge in [-0.1, -0.05) is 0 Å². The largest absolute Gasteiger partial charge is 0.315 e. The number of nitrogens with one attached hydrogen (secondary N) is 1. The molecule has 1 amide bonds. The van der Waals surface area contributed by atoms with E-state index in [1.807, 2.05) is 13.8 Å². The summed E-state index contributed by atoms with van der Waals surface area (Å²) in [5.41, 5.74) is 0.800. The molecule has 0 saturated heterocycles. The lowest BCUT2D eigenvalue weighted by Crippen LogP contribution is -2.09. The first-order valence-corrected chi connectivity index (χ1v) is 4.56. The number of nitriles is 1. The molecular formula is C8H9N3OS. The highest BCUT2D eigenvalue weighted by Crippen LogP contribution is 2.22. The van der Waals surface area contributed by atoms with Gasteiger partial charge in [-0.15, -0.1) is 11.3 Å². The maximum Gasteiger partial charge on any atom is 0.239 e. The van der Waals surface area contributed by atoms with E-state index in [-0.39, 0.29) is 12.3 Å². The first-order chi connectivity index (χ1) is 6.13. The molecule has 1 aromatic heterocycles. The first kappa shape index (κ1) is 9.68. The van der Waals surface area contributed by atoms with Gasteiger partial charge in [0, 0.05) is 0 Å². The van der Waals surface area contributed by atoms with E-state index in [1.165, 1.54) is 11.3 Å². The molecule has 0 bridgehead atoms. The van der Waals surface area contributed by atoms with E-state index >= 15 is 0 Å². The van der Waals surface area contributed by atoms with Crippen LogP contribution in [0.4, 0.5) is 5.00 Å². The lowest BCUT2D eigenvalue weighted by Gasteiger charge is -1.97. The molecule has 0 spiro atoms. The predicted octanol–water partition coefficient (Wildman–Crippen LogP) is 1.61. The lowest BCUT2D eigenvalue weighted by atomic mass is 10.4. The van der Waals surface area contributed by atoms with Gasteiger partial charge >= 0.3 is 0 Å². The van der Waals surface area contributed by atoms with Gasteiger partial charge in [-0.25, -0.2) is 4.98 Å². The van der Waals surface area contributed by atoms with E-state index in [2.05, 4.69) is 10.3 Å². The second-order valence-electron chi connectivity index (χ2n) is 2.53. The van der Waals surface area contributed by atoms with E-state index in [0.29, 0.717) is 0 Å². The number of nitrogens with zero attached hydrogens (tertiary/aromatic N) is 2. The quantitative estimate of drug-likeness (QED) is 0.779. The molecular weight excluding hydrogens is 186 g/mol. The molecule has 0 aliphatic heterocycles. The summed E-state index contributed by atoms with van der Waals surface area (Å²) in [4.78, 5) is 15.2. The van der Waals surface area contributed by atoms with E-state index in [1.54, 1.807) is 6.07 Å². The van der Waals surface area contributed by atoms with Crippen LogP contribution in [0.5, 0.6) is 0 Å². The molecule has 0 aliphatic rings. The van der Waals surface area contributed by atoms with Crippen LogP contribution in [0.25, 0.3) is 0 Å². The maximum atomic E-state index is 11.0. The molecule has 0 aliphatic carbocycles. The monoisotopic (exact) mass is 195 g/mol. The number of thiazole rings is 1. The van der Waals surface area contributed by atoms with Crippen LogP contribution in [0.2, 0.25) is 0 Å². The molecule has 0 atom stereocenters. The highest BCUT2D eigenvalue weighted by Gasteiger charge is 2.07. The molecule has 1 N–H and O–H groups in total. The standard InChI is InChI=1S/C8H9N3OS/c1-5-8(13-6(2)10-5)11-7(12)3-4-9/h3H2,1-2H3,(H,11,12). The van der Waals surface area contributed by atoms with E-state index in [4.69, 9.17) is 5.26 Å². The van der Waals surface area contributed by atoms with Gasteiger partial charge in [0.25, 0.3) is 0 Å². The second kappa shape index (κ2) is 4.01. The van der Waals surface area contributed by atoms with Gasteiger partial charge in [0.2, 0.25) is 5.91 Å². The number of carbonyl (C=O) groups is 1. The highest BCUT2D eigenvalue weighted by atomic mass is 32.1. The number of rotatable bonds is 2. The summed E-state index contributed by atoms with van der Waals surface area (Å²) in [6.07, 6.45) is -0.115. The molecule has 0 saturated carbocycles. The minimum Gasteiger partial charge on any atom is -0.315 e.